The lowest BCUT2D eigenvalue weighted by atomic mass is 9.90. The number of ether oxygens (including phenoxy) is 1. The third kappa shape index (κ3) is 4.13. The third-order valence-corrected chi connectivity index (χ3v) is 8.07. The average Bonchev–Trinajstić information content (AvgIpc) is 3.07. The summed E-state index contributed by atoms with van der Waals surface area (Å²) in [6.45, 7) is 0. The zero-order valence-corrected chi connectivity index (χ0v) is 22.9. The van der Waals surface area contributed by atoms with Crippen LogP contribution in [0.4, 0.5) is 17.1 Å². The Kier molecular flexibility index (Phi) is 5.82. The van der Waals surface area contributed by atoms with E-state index in [1.165, 1.54) is 33.2 Å². The van der Waals surface area contributed by atoms with Crippen LogP contribution in [-0.4, -0.2) is 0 Å². The Hall–Kier alpha value is -5.60. The summed E-state index contributed by atoms with van der Waals surface area (Å²) in [6.07, 6.45) is 0. The van der Waals surface area contributed by atoms with Crippen molar-refractivity contribution < 1.29 is 4.74 Å². The molecule has 198 valence electrons. The molecule has 0 bridgehead atoms. The summed E-state index contributed by atoms with van der Waals surface area (Å²) in [5.74, 6) is 1.75. The Morgan fingerprint density at radius 2 is 0.952 bits per heavy atom. The SMILES string of the molecule is c1ccc(-c2ccc(N(c3ccccc3)c3ccc4c(c3)Oc3ccc(-c5ccccc5)c5cccc-4c35)cc2)cc1. The first-order valence-corrected chi connectivity index (χ1v) is 14.3. The molecule has 0 spiro atoms. The summed E-state index contributed by atoms with van der Waals surface area (Å²) in [6, 6.07) is 57.7. The minimum absolute atomic E-state index is 0.863. The largest absolute Gasteiger partial charge is 0.456 e. The zero-order chi connectivity index (χ0) is 27.9. The Morgan fingerprint density at radius 3 is 1.69 bits per heavy atom. The summed E-state index contributed by atoms with van der Waals surface area (Å²) in [5, 5.41) is 2.37. The van der Waals surface area contributed by atoms with E-state index in [1.807, 2.05) is 6.07 Å². The maximum Gasteiger partial charge on any atom is 0.137 e. The number of nitrogens with zero attached hydrogens (tertiary/aromatic N) is 1. The molecule has 0 amide bonds. The fourth-order valence-corrected chi connectivity index (χ4v) is 6.09. The fourth-order valence-electron chi connectivity index (χ4n) is 6.09. The Labute approximate surface area is 245 Å². The Balaban J connectivity index is 1.23. The number of benzene rings is 7. The highest BCUT2D eigenvalue weighted by Crippen LogP contribution is 2.50. The summed E-state index contributed by atoms with van der Waals surface area (Å²) < 4.78 is 6.65. The van der Waals surface area contributed by atoms with E-state index in [0.717, 1.165) is 39.5 Å². The van der Waals surface area contributed by atoms with Gasteiger partial charge in [-0.05, 0) is 75.7 Å². The number of rotatable bonds is 5. The highest BCUT2D eigenvalue weighted by molar-refractivity contribution is 6.10. The smallest absolute Gasteiger partial charge is 0.137 e. The molecule has 8 rings (SSSR count). The minimum atomic E-state index is 0.863. The number of fused-ring (bicyclic) bond motifs is 2. The van der Waals surface area contributed by atoms with Crippen LogP contribution in [0.5, 0.6) is 11.5 Å². The quantitative estimate of drug-likeness (QED) is 0.216. The number of hydrogen-bond acceptors (Lipinski definition) is 2. The van der Waals surface area contributed by atoms with E-state index < -0.39 is 0 Å². The van der Waals surface area contributed by atoms with Gasteiger partial charge in [0.05, 0.1) is 0 Å². The van der Waals surface area contributed by atoms with Crippen molar-refractivity contribution in [1.82, 2.24) is 0 Å². The minimum Gasteiger partial charge on any atom is -0.456 e. The average molecular weight is 538 g/mol. The van der Waals surface area contributed by atoms with Gasteiger partial charge < -0.3 is 9.64 Å². The first-order chi connectivity index (χ1) is 20.8. The summed E-state index contributed by atoms with van der Waals surface area (Å²) in [5.41, 5.74) is 10.4. The van der Waals surface area contributed by atoms with E-state index >= 15 is 0 Å². The molecule has 1 aliphatic heterocycles. The molecule has 0 atom stereocenters. The van der Waals surface area contributed by atoms with E-state index in [9.17, 15) is 0 Å². The van der Waals surface area contributed by atoms with Crippen LogP contribution in [0.1, 0.15) is 0 Å². The lowest BCUT2D eigenvalue weighted by Gasteiger charge is -2.28. The topological polar surface area (TPSA) is 12.5 Å². The maximum atomic E-state index is 6.65. The molecule has 0 N–H and O–H groups in total. The molecule has 1 heterocycles. The number of para-hydroxylation sites is 1. The van der Waals surface area contributed by atoms with Gasteiger partial charge in [-0.15, -0.1) is 0 Å². The van der Waals surface area contributed by atoms with Crippen LogP contribution in [0.15, 0.2) is 164 Å². The van der Waals surface area contributed by atoms with Crippen LogP contribution in [0, 0.1) is 0 Å². The van der Waals surface area contributed by atoms with Gasteiger partial charge in [-0.3, -0.25) is 0 Å². The van der Waals surface area contributed by atoms with Gasteiger partial charge in [0.15, 0.2) is 0 Å². The molecule has 1 aliphatic rings. The second-order valence-corrected chi connectivity index (χ2v) is 10.6. The van der Waals surface area contributed by atoms with Crippen molar-refractivity contribution in [3.63, 3.8) is 0 Å². The molecule has 0 saturated heterocycles. The lowest BCUT2D eigenvalue weighted by Crippen LogP contribution is -2.10. The maximum absolute atomic E-state index is 6.65. The summed E-state index contributed by atoms with van der Waals surface area (Å²) in [7, 11) is 0. The molecule has 0 fully saturated rings. The van der Waals surface area contributed by atoms with Crippen LogP contribution in [0.25, 0.3) is 44.2 Å². The van der Waals surface area contributed by atoms with E-state index in [-0.39, 0.29) is 0 Å². The Morgan fingerprint density at radius 1 is 0.357 bits per heavy atom. The Bertz CT molecular complexity index is 2030. The number of hydrogen-bond donors (Lipinski definition) is 0. The van der Waals surface area contributed by atoms with Gasteiger partial charge in [0, 0.05) is 34.1 Å². The van der Waals surface area contributed by atoms with Crippen LogP contribution < -0.4 is 9.64 Å². The fraction of sp³-hybridized carbons (Fsp3) is 0. The van der Waals surface area contributed by atoms with Crippen molar-refractivity contribution >= 4 is 27.8 Å². The molecule has 0 aromatic heterocycles. The van der Waals surface area contributed by atoms with Crippen molar-refractivity contribution in [1.29, 1.82) is 0 Å². The number of anilines is 3. The second-order valence-electron chi connectivity index (χ2n) is 10.6. The molecule has 7 aromatic rings. The molecule has 2 nitrogen and oxygen atoms in total. The van der Waals surface area contributed by atoms with E-state index in [2.05, 4.69) is 163 Å². The normalized spacial score (nSPS) is 11.5. The van der Waals surface area contributed by atoms with E-state index in [0.29, 0.717) is 0 Å². The third-order valence-electron chi connectivity index (χ3n) is 8.07. The van der Waals surface area contributed by atoms with Crippen LogP contribution >= 0.6 is 0 Å². The molecule has 0 saturated carbocycles. The van der Waals surface area contributed by atoms with Gasteiger partial charge in [0.2, 0.25) is 0 Å². The van der Waals surface area contributed by atoms with Crippen LogP contribution in [-0.2, 0) is 0 Å². The van der Waals surface area contributed by atoms with E-state index in [4.69, 9.17) is 4.74 Å². The van der Waals surface area contributed by atoms with Crippen molar-refractivity contribution in [3.8, 4) is 44.9 Å². The molecule has 0 unspecified atom stereocenters. The molecule has 0 radical (unpaired) electrons. The van der Waals surface area contributed by atoms with Gasteiger partial charge >= 0.3 is 0 Å². The molecule has 0 aliphatic carbocycles. The van der Waals surface area contributed by atoms with Gasteiger partial charge in [-0.25, -0.2) is 0 Å². The summed E-state index contributed by atoms with van der Waals surface area (Å²) >= 11 is 0. The zero-order valence-electron chi connectivity index (χ0n) is 22.9. The molecule has 42 heavy (non-hydrogen) atoms. The molecular formula is C40H27NO. The van der Waals surface area contributed by atoms with Crippen molar-refractivity contribution in [2.45, 2.75) is 0 Å². The monoisotopic (exact) mass is 537 g/mol. The van der Waals surface area contributed by atoms with Gasteiger partial charge in [0.25, 0.3) is 0 Å². The predicted molar refractivity (Wildman–Crippen MR) is 175 cm³/mol. The van der Waals surface area contributed by atoms with Gasteiger partial charge in [-0.2, -0.15) is 0 Å². The van der Waals surface area contributed by atoms with E-state index in [1.54, 1.807) is 0 Å². The van der Waals surface area contributed by atoms with Crippen LogP contribution in [0.2, 0.25) is 0 Å². The van der Waals surface area contributed by atoms with Crippen molar-refractivity contribution in [2.24, 2.45) is 0 Å². The predicted octanol–water partition coefficient (Wildman–Crippen LogP) is 11.4. The standard InChI is InChI=1S/C40H27NO/c1-4-11-28(12-5-1)29-19-21-32(22-20-29)41(31-15-8-3-9-16-31)33-23-24-35-37-18-10-17-36-34(30-13-6-2-7-14-30)25-26-38(40(36)37)42-39(35)27-33/h1-27H. The molecule has 2 heteroatoms. The van der Waals surface area contributed by atoms with Crippen LogP contribution in [0.3, 0.4) is 0 Å². The summed E-state index contributed by atoms with van der Waals surface area (Å²) in [4.78, 5) is 2.28. The first-order valence-electron chi connectivity index (χ1n) is 14.3. The highest BCUT2D eigenvalue weighted by Gasteiger charge is 2.23. The van der Waals surface area contributed by atoms with Crippen molar-refractivity contribution in [3.05, 3.63) is 164 Å². The second kappa shape index (κ2) is 10.1. The molecule has 7 aromatic carbocycles. The lowest BCUT2D eigenvalue weighted by molar-refractivity contribution is 0.487. The van der Waals surface area contributed by atoms with Gasteiger partial charge in [0.1, 0.15) is 11.5 Å². The van der Waals surface area contributed by atoms with Crippen molar-refractivity contribution in [2.75, 3.05) is 4.90 Å². The highest BCUT2D eigenvalue weighted by atomic mass is 16.5. The van der Waals surface area contributed by atoms with Gasteiger partial charge in [-0.1, -0.05) is 115 Å². The molecular weight excluding hydrogens is 510 g/mol. The first kappa shape index (κ1) is 24.2.